The van der Waals surface area contributed by atoms with Crippen LogP contribution in [0.25, 0.3) is 0 Å². The Balaban J connectivity index is 2.46. The number of hydrogen-bond acceptors (Lipinski definition) is 3. The van der Waals surface area contributed by atoms with Gasteiger partial charge < -0.3 is 4.74 Å². The minimum atomic E-state index is -0.455. The molecule has 0 bridgehead atoms. The van der Waals surface area contributed by atoms with Crippen LogP contribution in [0, 0.1) is 0 Å². The molecular formula is C8H8N2O3. The van der Waals surface area contributed by atoms with Crippen molar-refractivity contribution in [3.05, 3.63) is 45.3 Å². The Morgan fingerprint density at radius 3 is 3.00 bits per heavy atom. The van der Waals surface area contributed by atoms with E-state index < -0.39 is 11.2 Å². The van der Waals surface area contributed by atoms with Crippen LogP contribution in [0.3, 0.4) is 0 Å². The van der Waals surface area contributed by atoms with Crippen LogP contribution in [-0.4, -0.2) is 16.2 Å². The third-order valence-electron chi connectivity index (χ3n) is 1.79. The van der Waals surface area contributed by atoms with E-state index >= 15 is 0 Å². The fourth-order valence-electron chi connectivity index (χ4n) is 1.18. The summed E-state index contributed by atoms with van der Waals surface area (Å²) in [5.74, 6) is 0. The Kier molecular flexibility index (Phi) is 1.86. The number of nitrogens with zero attached hydrogens (tertiary/aromatic N) is 1. The van der Waals surface area contributed by atoms with E-state index in [1.165, 1.54) is 16.8 Å². The quantitative estimate of drug-likeness (QED) is 0.599. The van der Waals surface area contributed by atoms with Gasteiger partial charge in [0.15, 0.2) is 6.23 Å². The van der Waals surface area contributed by atoms with Gasteiger partial charge in [-0.3, -0.25) is 14.3 Å². The first-order valence-electron chi connectivity index (χ1n) is 3.87. The molecule has 1 aliphatic heterocycles. The fraction of sp³-hybridized carbons (Fsp3) is 0.250. The molecule has 2 heterocycles. The molecule has 2 rings (SSSR count). The minimum Gasteiger partial charge on any atom is -0.350 e. The molecule has 1 unspecified atom stereocenters. The van der Waals surface area contributed by atoms with Gasteiger partial charge in [0.1, 0.15) is 0 Å². The van der Waals surface area contributed by atoms with E-state index in [-0.39, 0.29) is 6.23 Å². The molecule has 1 aliphatic rings. The second-order valence-corrected chi connectivity index (χ2v) is 2.67. The monoisotopic (exact) mass is 180 g/mol. The molecule has 0 radical (unpaired) electrons. The number of H-pyrrole nitrogens is 1. The third-order valence-corrected chi connectivity index (χ3v) is 1.79. The highest BCUT2D eigenvalue weighted by molar-refractivity contribution is 4.96. The summed E-state index contributed by atoms with van der Waals surface area (Å²) in [7, 11) is 0. The van der Waals surface area contributed by atoms with Gasteiger partial charge in [0.25, 0.3) is 5.56 Å². The molecule has 68 valence electrons. The highest BCUT2D eigenvalue weighted by atomic mass is 16.5. The van der Waals surface area contributed by atoms with Gasteiger partial charge in [-0.15, -0.1) is 0 Å². The summed E-state index contributed by atoms with van der Waals surface area (Å²) in [5.41, 5.74) is -0.854. The number of hydrogen-bond donors (Lipinski definition) is 1. The second kappa shape index (κ2) is 3.02. The highest BCUT2D eigenvalue weighted by Gasteiger charge is 2.12. The molecule has 0 fully saturated rings. The van der Waals surface area contributed by atoms with Gasteiger partial charge in [-0.1, -0.05) is 6.08 Å². The summed E-state index contributed by atoms with van der Waals surface area (Å²) < 4.78 is 6.51. The third kappa shape index (κ3) is 1.46. The Labute approximate surface area is 73.3 Å². The van der Waals surface area contributed by atoms with Gasteiger partial charge in [-0.25, -0.2) is 4.79 Å². The van der Waals surface area contributed by atoms with Crippen molar-refractivity contribution in [2.45, 2.75) is 6.23 Å². The normalized spacial score (nSPS) is 20.8. The lowest BCUT2D eigenvalue weighted by molar-refractivity contribution is 0.0721. The molecule has 0 aromatic carbocycles. The maximum atomic E-state index is 11.2. The van der Waals surface area contributed by atoms with Crippen molar-refractivity contribution in [3.8, 4) is 0 Å². The zero-order valence-corrected chi connectivity index (χ0v) is 6.77. The van der Waals surface area contributed by atoms with Crippen LogP contribution in [-0.2, 0) is 4.74 Å². The van der Waals surface area contributed by atoms with Crippen molar-refractivity contribution < 1.29 is 4.74 Å². The van der Waals surface area contributed by atoms with Crippen molar-refractivity contribution >= 4 is 0 Å². The Morgan fingerprint density at radius 2 is 2.38 bits per heavy atom. The van der Waals surface area contributed by atoms with E-state index in [0.717, 1.165) is 0 Å². The fourth-order valence-corrected chi connectivity index (χ4v) is 1.18. The van der Waals surface area contributed by atoms with Crippen molar-refractivity contribution in [1.82, 2.24) is 9.55 Å². The number of nitrogens with one attached hydrogen (secondary N) is 1. The molecule has 0 amide bonds. The maximum Gasteiger partial charge on any atom is 0.330 e. The largest absolute Gasteiger partial charge is 0.350 e. The van der Waals surface area contributed by atoms with E-state index in [1.54, 1.807) is 6.08 Å². The second-order valence-electron chi connectivity index (χ2n) is 2.67. The first kappa shape index (κ1) is 8.00. The summed E-state index contributed by atoms with van der Waals surface area (Å²) >= 11 is 0. The van der Waals surface area contributed by atoms with E-state index in [0.29, 0.717) is 6.61 Å². The molecule has 5 nitrogen and oxygen atoms in total. The van der Waals surface area contributed by atoms with E-state index in [9.17, 15) is 9.59 Å². The van der Waals surface area contributed by atoms with Crippen LogP contribution in [0.2, 0.25) is 0 Å². The van der Waals surface area contributed by atoms with Gasteiger partial charge in [0.2, 0.25) is 0 Å². The van der Waals surface area contributed by atoms with Crippen molar-refractivity contribution in [2.24, 2.45) is 0 Å². The maximum absolute atomic E-state index is 11.2. The predicted molar refractivity (Wildman–Crippen MR) is 45.5 cm³/mol. The topological polar surface area (TPSA) is 64.1 Å². The summed E-state index contributed by atoms with van der Waals surface area (Å²) in [6.07, 6.45) is 4.62. The molecule has 5 heteroatoms. The highest BCUT2D eigenvalue weighted by Crippen LogP contribution is 2.11. The molecule has 0 saturated carbocycles. The first-order valence-corrected chi connectivity index (χ1v) is 3.87. The predicted octanol–water partition coefficient (Wildman–Crippen LogP) is -0.378. The Hall–Kier alpha value is -1.62. The van der Waals surface area contributed by atoms with Crippen LogP contribution in [0.5, 0.6) is 0 Å². The van der Waals surface area contributed by atoms with Gasteiger partial charge in [-0.2, -0.15) is 0 Å². The van der Waals surface area contributed by atoms with Crippen LogP contribution in [0.1, 0.15) is 6.23 Å². The van der Waals surface area contributed by atoms with Gasteiger partial charge in [-0.05, 0) is 6.08 Å². The molecule has 1 N–H and O–H groups in total. The number of aromatic amines is 1. The zero-order chi connectivity index (χ0) is 9.26. The van der Waals surface area contributed by atoms with Crippen LogP contribution in [0.15, 0.2) is 34.0 Å². The van der Waals surface area contributed by atoms with Crippen LogP contribution < -0.4 is 11.2 Å². The lowest BCUT2D eigenvalue weighted by Gasteiger charge is -2.10. The molecule has 13 heavy (non-hydrogen) atoms. The standard InChI is InChI=1S/C8H8N2O3/c11-6-3-4-10(8(12)9-6)7-2-1-5-13-7/h1-4,7H,5H2,(H,9,11,12). The van der Waals surface area contributed by atoms with Crippen LogP contribution in [0.4, 0.5) is 0 Å². The van der Waals surface area contributed by atoms with Gasteiger partial charge >= 0.3 is 5.69 Å². The lowest BCUT2D eigenvalue weighted by atomic mass is 10.5. The number of aromatic nitrogens is 2. The van der Waals surface area contributed by atoms with Crippen molar-refractivity contribution in [1.29, 1.82) is 0 Å². The lowest BCUT2D eigenvalue weighted by Crippen LogP contribution is -2.31. The number of ether oxygens (including phenoxy) is 1. The van der Waals surface area contributed by atoms with E-state index in [1.807, 2.05) is 6.08 Å². The minimum absolute atomic E-state index is 0.385. The average molecular weight is 180 g/mol. The first-order chi connectivity index (χ1) is 6.27. The Morgan fingerprint density at radius 1 is 1.54 bits per heavy atom. The molecule has 1 atom stereocenters. The summed E-state index contributed by atoms with van der Waals surface area (Å²) in [6.45, 7) is 0.496. The zero-order valence-electron chi connectivity index (χ0n) is 6.77. The molecule has 0 aliphatic carbocycles. The van der Waals surface area contributed by atoms with Crippen molar-refractivity contribution in [3.63, 3.8) is 0 Å². The summed E-state index contributed by atoms with van der Waals surface area (Å²) in [5, 5.41) is 0. The smallest absolute Gasteiger partial charge is 0.330 e. The van der Waals surface area contributed by atoms with Gasteiger partial charge in [0.05, 0.1) is 6.61 Å². The summed E-state index contributed by atoms with van der Waals surface area (Å²) in [6, 6.07) is 1.29. The van der Waals surface area contributed by atoms with E-state index in [4.69, 9.17) is 4.74 Å². The molecule has 1 aromatic rings. The van der Waals surface area contributed by atoms with Crippen LogP contribution >= 0.6 is 0 Å². The summed E-state index contributed by atoms with van der Waals surface area (Å²) in [4.78, 5) is 24.1. The SMILES string of the molecule is O=c1ccn(C2C=CCO2)c(=O)[nH]1. The molecule has 1 aromatic heterocycles. The van der Waals surface area contributed by atoms with Crippen molar-refractivity contribution in [2.75, 3.05) is 6.61 Å². The number of rotatable bonds is 1. The average Bonchev–Trinajstić information content (AvgIpc) is 2.56. The molecule has 0 spiro atoms. The van der Waals surface area contributed by atoms with E-state index in [2.05, 4.69) is 4.98 Å². The molecule has 0 saturated heterocycles. The van der Waals surface area contributed by atoms with Gasteiger partial charge in [0, 0.05) is 12.3 Å². The molecular weight excluding hydrogens is 172 g/mol. The Bertz CT molecular complexity index is 443.